The van der Waals surface area contributed by atoms with Crippen molar-refractivity contribution in [3.63, 3.8) is 0 Å². The highest BCUT2D eigenvalue weighted by Crippen LogP contribution is 2.34. The van der Waals surface area contributed by atoms with Crippen LogP contribution in [0.1, 0.15) is 60.0 Å². The summed E-state index contributed by atoms with van der Waals surface area (Å²) in [5.41, 5.74) is 8.66. The van der Waals surface area contributed by atoms with Gasteiger partial charge in [-0.1, -0.05) is 12.1 Å². The highest BCUT2D eigenvalue weighted by molar-refractivity contribution is 6.07. The van der Waals surface area contributed by atoms with Gasteiger partial charge in [0.05, 0.1) is 17.5 Å². The minimum Gasteiger partial charge on any atom is -0.475 e. The number of carbonyl (C=O) groups is 3. The van der Waals surface area contributed by atoms with Crippen molar-refractivity contribution in [3.8, 4) is 11.1 Å². The number of nitrogens with one attached hydrogen (secondary N) is 1. The molecule has 0 fully saturated rings. The number of ketones is 1. The Labute approximate surface area is 254 Å². The molecule has 0 spiro atoms. The number of anilines is 2. The number of fused-ring (bicyclic) bond motifs is 2. The van der Waals surface area contributed by atoms with Crippen LogP contribution in [0.4, 0.5) is 24.7 Å². The maximum atomic E-state index is 13.1. The molecule has 0 atom stereocenters. The number of hydrogen-bond acceptors (Lipinski definition) is 8. The summed E-state index contributed by atoms with van der Waals surface area (Å²) in [5.74, 6) is -3.04. The van der Waals surface area contributed by atoms with Gasteiger partial charge in [-0.15, -0.1) is 0 Å². The number of carbonyl (C=O) groups excluding carboxylic acids is 2. The lowest BCUT2D eigenvalue weighted by Gasteiger charge is -2.20. The van der Waals surface area contributed by atoms with Crippen molar-refractivity contribution in [1.29, 1.82) is 0 Å². The zero-order valence-corrected chi connectivity index (χ0v) is 24.6. The number of Topliss-reactive ketones (excluding diaryl/α,β-unsaturated/α-hetero) is 1. The fourth-order valence-corrected chi connectivity index (χ4v) is 5.10. The normalized spacial score (nSPS) is 13.2. The molecule has 0 aliphatic heterocycles. The third-order valence-electron chi connectivity index (χ3n) is 7.02. The van der Waals surface area contributed by atoms with Gasteiger partial charge in [0, 0.05) is 41.7 Å². The fraction of sp³-hybridized carbons (Fsp3) is 0.333. The summed E-state index contributed by atoms with van der Waals surface area (Å²) in [7, 11) is 0. The van der Waals surface area contributed by atoms with E-state index in [0.29, 0.717) is 66.1 Å². The number of carboxylic acids is 1. The molecule has 5 N–H and O–H groups in total. The number of benzene rings is 1. The average Bonchev–Trinajstić information content (AvgIpc) is 3.31. The van der Waals surface area contributed by atoms with Gasteiger partial charge in [-0.05, 0) is 57.4 Å². The predicted octanol–water partition coefficient (Wildman–Crippen LogP) is 4.04. The molecule has 0 bridgehead atoms. The smallest absolute Gasteiger partial charge is 0.475 e. The number of pyridine rings is 1. The van der Waals surface area contributed by atoms with Crippen LogP contribution in [0.3, 0.4) is 0 Å². The first-order valence-corrected chi connectivity index (χ1v) is 13.8. The summed E-state index contributed by atoms with van der Waals surface area (Å²) < 4.78 is 35.1. The Morgan fingerprint density at radius 1 is 1.07 bits per heavy atom. The predicted molar refractivity (Wildman–Crippen MR) is 159 cm³/mol. The molecule has 238 valence electrons. The highest BCUT2D eigenvalue weighted by Gasteiger charge is 2.38. The Morgan fingerprint density at radius 3 is 2.29 bits per heavy atom. The minimum atomic E-state index is -5.08. The van der Waals surface area contributed by atoms with E-state index in [1.54, 1.807) is 26.0 Å². The van der Waals surface area contributed by atoms with E-state index in [9.17, 15) is 32.7 Å². The second kappa shape index (κ2) is 12.5. The van der Waals surface area contributed by atoms with E-state index in [2.05, 4.69) is 15.3 Å². The van der Waals surface area contributed by atoms with Crippen molar-refractivity contribution >= 4 is 40.2 Å². The van der Waals surface area contributed by atoms with E-state index in [0.717, 1.165) is 11.1 Å². The Balaban J connectivity index is 0.000000591. The van der Waals surface area contributed by atoms with E-state index >= 15 is 0 Å². The van der Waals surface area contributed by atoms with Crippen LogP contribution in [0.15, 0.2) is 47.7 Å². The van der Waals surface area contributed by atoms with Crippen LogP contribution in [0, 0.1) is 0 Å². The van der Waals surface area contributed by atoms with Crippen LogP contribution in [0.5, 0.6) is 0 Å². The average molecular weight is 629 g/mol. The number of amides is 1. The molecule has 45 heavy (non-hydrogen) atoms. The molecule has 4 aromatic rings. The number of aromatic nitrogens is 4. The summed E-state index contributed by atoms with van der Waals surface area (Å²) in [6.45, 7) is 5.96. The number of hydrogen-bond donors (Lipinski definition) is 4. The Bertz CT molecular complexity index is 1840. The molecule has 3 heterocycles. The van der Waals surface area contributed by atoms with E-state index in [-0.39, 0.29) is 11.3 Å². The van der Waals surface area contributed by atoms with E-state index in [1.807, 2.05) is 29.8 Å². The van der Waals surface area contributed by atoms with Crippen molar-refractivity contribution in [2.24, 2.45) is 0 Å². The van der Waals surface area contributed by atoms with Crippen molar-refractivity contribution in [2.75, 3.05) is 11.1 Å². The van der Waals surface area contributed by atoms with Crippen LogP contribution >= 0.6 is 0 Å². The SMILES string of the molecule is CCn1c2c(cc(C(=O)Nc3ccc(-c4cn(CC(C)(C)O)c5ncnc(N)c45)cc3)c1=O)C(=O)CCC2.O=C(O)C(F)(F)F. The monoisotopic (exact) mass is 628 g/mol. The summed E-state index contributed by atoms with van der Waals surface area (Å²) in [5, 5.41) is 20.9. The molecule has 1 aliphatic carbocycles. The summed E-state index contributed by atoms with van der Waals surface area (Å²) in [6.07, 6.45) is -0.0494. The Hall–Kier alpha value is -5.05. The van der Waals surface area contributed by atoms with Crippen LogP contribution < -0.4 is 16.6 Å². The first-order chi connectivity index (χ1) is 21.0. The first-order valence-electron chi connectivity index (χ1n) is 13.8. The molecular weight excluding hydrogens is 597 g/mol. The molecule has 15 heteroatoms. The maximum absolute atomic E-state index is 13.1. The molecule has 1 amide bonds. The molecule has 12 nitrogen and oxygen atoms in total. The van der Waals surface area contributed by atoms with Gasteiger partial charge in [0.1, 0.15) is 23.4 Å². The lowest BCUT2D eigenvalue weighted by Crippen LogP contribution is -2.34. The molecule has 3 aromatic heterocycles. The third kappa shape index (κ3) is 7.20. The topological polar surface area (TPSA) is 182 Å². The summed E-state index contributed by atoms with van der Waals surface area (Å²) >= 11 is 0. The number of rotatable bonds is 6. The van der Waals surface area contributed by atoms with Crippen molar-refractivity contribution < 1.29 is 37.8 Å². The lowest BCUT2D eigenvalue weighted by atomic mass is 9.93. The van der Waals surface area contributed by atoms with E-state index in [4.69, 9.17) is 15.6 Å². The van der Waals surface area contributed by atoms with Crippen molar-refractivity contribution in [2.45, 2.75) is 64.9 Å². The lowest BCUT2D eigenvalue weighted by molar-refractivity contribution is -0.192. The Morgan fingerprint density at radius 2 is 1.71 bits per heavy atom. The van der Waals surface area contributed by atoms with E-state index in [1.165, 1.54) is 17.0 Å². The van der Waals surface area contributed by atoms with Gasteiger partial charge in [0.25, 0.3) is 11.5 Å². The number of halogens is 3. The molecule has 0 saturated carbocycles. The van der Waals surface area contributed by atoms with Gasteiger partial charge in [-0.2, -0.15) is 13.2 Å². The fourth-order valence-electron chi connectivity index (χ4n) is 5.10. The number of nitrogens with two attached hydrogens (primary N) is 1. The standard InChI is InChI=1S/C28H30N6O4.C2HF3O2/c1-4-34-21-6-5-7-22(35)18(21)12-19(27(34)37)26(36)32-17-10-8-16(9-11-17)20-13-33(14-28(2,3)38)25-23(20)24(29)30-15-31-25;3-2(4,5)1(6)7/h8-13,15,38H,4-7,14H2,1-3H3,(H,32,36)(H2,29,30,31);(H,6,7). The molecule has 0 saturated heterocycles. The largest absolute Gasteiger partial charge is 0.490 e. The number of alkyl halides is 3. The molecular formula is C30H31F3N6O6. The second-order valence-corrected chi connectivity index (χ2v) is 11.0. The Kier molecular flexibility index (Phi) is 9.14. The first kappa shape index (κ1) is 32.9. The quantitative estimate of drug-likeness (QED) is 0.245. The third-order valence-corrected chi connectivity index (χ3v) is 7.02. The van der Waals surface area contributed by atoms with Gasteiger partial charge >= 0.3 is 12.1 Å². The number of nitrogen functional groups attached to an aromatic ring is 1. The number of aliphatic carboxylic acids is 1. The minimum absolute atomic E-state index is 0.0427. The number of nitrogens with zero attached hydrogens (tertiary/aromatic N) is 4. The zero-order chi connectivity index (χ0) is 33.3. The number of aliphatic hydroxyl groups is 1. The highest BCUT2D eigenvalue weighted by atomic mass is 19.4. The van der Waals surface area contributed by atoms with E-state index < -0.39 is 29.2 Å². The maximum Gasteiger partial charge on any atom is 0.490 e. The molecule has 0 unspecified atom stereocenters. The van der Waals surface area contributed by atoms with Gasteiger partial charge in [-0.3, -0.25) is 14.4 Å². The summed E-state index contributed by atoms with van der Waals surface area (Å²) in [4.78, 5) is 56.0. The van der Waals surface area contributed by atoms with Crippen LogP contribution in [-0.4, -0.2) is 58.8 Å². The van der Waals surface area contributed by atoms with Gasteiger partial charge < -0.3 is 30.4 Å². The van der Waals surface area contributed by atoms with Crippen LogP contribution in [0.2, 0.25) is 0 Å². The molecule has 5 rings (SSSR count). The summed E-state index contributed by atoms with van der Waals surface area (Å²) in [6, 6.07) is 8.55. The van der Waals surface area contributed by atoms with Gasteiger partial charge in [-0.25, -0.2) is 14.8 Å². The molecule has 1 aromatic carbocycles. The molecule has 1 aliphatic rings. The van der Waals surface area contributed by atoms with Crippen molar-refractivity contribution in [1.82, 2.24) is 19.1 Å². The van der Waals surface area contributed by atoms with Crippen molar-refractivity contribution in [3.05, 3.63) is 70.0 Å². The van der Waals surface area contributed by atoms with Crippen LogP contribution in [-0.2, 0) is 24.3 Å². The second-order valence-electron chi connectivity index (χ2n) is 11.0. The van der Waals surface area contributed by atoms with Crippen LogP contribution in [0.25, 0.3) is 22.2 Å². The zero-order valence-electron chi connectivity index (χ0n) is 24.6. The molecule has 0 radical (unpaired) electrons. The van der Waals surface area contributed by atoms with Gasteiger partial charge in [0.2, 0.25) is 0 Å². The number of carboxylic acid groups (broad SMARTS) is 1. The van der Waals surface area contributed by atoms with Gasteiger partial charge in [0.15, 0.2) is 5.78 Å².